The Hall–Kier alpha value is -1.89. The normalized spacial score (nSPS) is 18.2. The molecule has 1 unspecified atom stereocenters. The second-order valence-corrected chi connectivity index (χ2v) is 8.71. The van der Waals surface area contributed by atoms with Crippen LogP contribution in [0.5, 0.6) is 0 Å². The topological polar surface area (TPSA) is 44.8 Å². The monoisotopic (exact) mass is 457 g/mol. The molecule has 1 saturated heterocycles. The lowest BCUT2D eigenvalue weighted by Gasteiger charge is -2.36. The predicted octanol–water partition coefficient (Wildman–Crippen LogP) is 3.63. The summed E-state index contributed by atoms with van der Waals surface area (Å²) in [6, 6.07) is 14.5. The average Bonchev–Trinajstić information content (AvgIpc) is 2.74. The van der Waals surface area contributed by atoms with Crippen LogP contribution >= 0.6 is 15.9 Å². The zero-order valence-electron chi connectivity index (χ0n) is 16.9. The number of benzene rings is 2. The number of carbonyl (C=O) groups is 1. The molecule has 1 N–H and O–H groups in total. The van der Waals surface area contributed by atoms with E-state index in [2.05, 4.69) is 56.3 Å². The fraction of sp³-hybridized carbons (Fsp3) is 0.435. The van der Waals surface area contributed by atoms with Crippen LogP contribution in [0.4, 0.5) is 5.69 Å². The van der Waals surface area contributed by atoms with Gasteiger partial charge < -0.3 is 15.0 Å². The van der Waals surface area contributed by atoms with Gasteiger partial charge in [-0.15, -0.1) is 0 Å². The van der Waals surface area contributed by atoms with E-state index in [1.807, 2.05) is 24.3 Å². The smallest absolute Gasteiger partial charge is 0.251 e. The molecule has 1 fully saturated rings. The van der Waals surface area contributed by atoms with Gasteiger partial charge in [0.1, 0.15) is 0 Å². The molecule has 6 heteroatoms. The first-order chi connectivity index (χ1) is 14.1. The van der Waals surface area contributed by atoms with Crippen molar-refractivity contribution in [1.82, 2.24) is 10.2 Å². The first-order valence-corrected chi connectivity index (χ1v) is 11.1. The zero-order chi connectivity index (χ0) is 20.2. The predicted molar refractivity (Wildman–Crippen MR) is 120 cm³/mol. The summed E-state index contributed by atoms with van der Waals surface area (Å²) in [4.78, 5) is 17.5. The molecule has 2 heterocycles. The van der Waals surface area contributed by atoms with Gasteiger partial charge in [-0.25, -0.2) is 0 Å². The van der Waals surface area contributed by atoms with E-state index < -0.39 is 0 Å². The molecule has 29 heavy (non-hydrogen) atoms. The third-order valence-corrected chi connectivity index (χ3v) is 6.36. The molecule has 0 spiro atoms. The molecule has 5 nitrogen and oxygen atoms in total. The largest absolute Gasteiger partial charge is 0.379 e. The highest BCUT2D eigenvalue weighted by atomic mass is 79.9. The molecule has 1 amide bonds. The van der Waals surface area contributed by atoms with Gasteiger partial charge in [0, 0.05) is 49.0 Å². The number of amides is 1. The minimum atomic E-state index is -0.0396. The van der Waals surface area contributed by atoms with Crippen LogP contribution in [-0.4, -0.2) is 57.2 Å². The number of nitrogens with one attached hydrogen (secondary N) is 1. The van der Waals surface area contributed by atoms with Crippen LogP contribution in [0.1, 0.15) is 33.9 Å². The van der Waals surface area contributed by atoms with Crippen molar-refractivity contribution >= 4 is 27.5 Å². The van der Waals surface area contributed by atoms with E-state index in [0.29, 0.717) is 12.1 Å². The van der Waals surface area contributed by atoms with Gasteiger partial charge in [0.05, 0.1) is 19.3 Å². The van der Waals surface area contributed by atoms with Crippen LogP contribution in [0.2, 0.25) is 0 Å². The van der Waals surface area contributed by atoms with Crippen LogP contribution < -0.4 is 10.2 Å². The standard InChI is InChI=1S/C23H28BrN3O2/c1-26-9-3-5-17-14-18(7-8-21(17)26)22(27-10-12-29-13-11-27)16-25-23(28)19-4-2-6-20(24)15-19/h2,4,6-8,14-15,22H,3,5,9-13,16H2,1H3,(H,25,28). The molecule has 4 rings (SSSR count). The SMILES string of the molecule is CN1CCCc2cc(C(CNC(=O)c3cccc(Br)c3)N3CCOCC3)ccc21. The summed E-state index contributed by atoms with van der Waals surface area (Å²) in [7, 11) is 2.16. The number of fused-ring (bicyclic) bond motifs is 1. The molecule has 0 radical (unpaired) electrons. The molecule has 2 aliphatic heterocycles. The molecule has 1 atom stereocenters. The molecule has 0 aromatic heterocycles. The molecule has 154 valence electrons. The molecule has 0 saturated carbocycles. The van der Waals surface area contributed by atoms with Crippen LogP contribution in [0.25, 0.3) is 0 Å². The van der Waals surface area contributed by atoms with Gasteiger partial charge in [-0.2, -0.15) is 0 Å². The van der Waals surface area contributed by atoms with Gasteiger partial charge in [-0.3, -0.25) is 9.69 Å². The van der Waals surface area contributed by atoms with Crippen molar-refractivity contribution in [3.05, 3.63) is 63.6 Å². The fourth-order valence-corrected chi connectivity index (χ4v) is 4.68. The highest BCUT2D eigenvalue weighted by Gasteiger charge is 2.25. The minimum Gasteiger partial charge on any atom is -0.379 e. The number of anilines is 1. The van der Waals surface area contributed by atoms with Crippen molar-refractivity contribution in [3.63, 3.8) is 0 Å². The summed E-state index contributed by atoms with van der Waals surface area (Å²) in [5, 5.41) is 3.16. The Bertz CT molecular complexity index is 867. The van der Waals surface area contributed by atoms with E-state index in [9.17, 15) is 4.79 Å². The lowest BCUT2D eigenvalue weighted by molar-refractivity contribution is 0.0162. The summed E-state index contributed by atoms with van der Waals surface area (Å²) in [6.45, 7) is 4.94. The maximum Gasteiger partial charge on any atom is 0.251 e. The number of morpholine rings is 1. The Morgan fingerprint density at radius 3 is 2.79 bits per heavy atom. The highest BCUT2D eigenvalue weighted by Crippen LogP contribution is 2.31. The van der Waals surface area contributed by atoms with Crippen molar-refractivity contribution in [2.75, 3.05) is 51.3 Å². The fourth-order valence-electron chi connectivity index (χ4n) is 4.28. The van der Waals surface area contributed by atoms with Gasteiger partial charge in [0.2, 0.25) is 0 Å². The van der Waals surface area contributed by atoms with E-state index in [1.165, 1.54) is 23.2 Å². The number of hydrogen-bond acceptors (Lipinski definition) is 4. The van der Waals surface area contributed by atoms with Crippen LogP contribution in [-0.2, 0) is 11.2 Å². The molecule has 2 aromatic carbocycles. The van der Waals surface area contributed by atoms with Crippen molar-refractivity contribution in [2.24, 2.45) is 0 Å². The van der Waals surface area contributed by atoms with Gasteiger partial charge in [-0.1, -0.05) is 34.1 Å². The number of nitrogens with zero attached hydrogens (tertiary/aromatic N) is 2. The van der Waals surface area contributed by atoms with Crippen molar-refractivity contribution in [1.29, 1.82) is 0 Å². The number of hydrogen-bond donors (Lipinski definition) is 1. The summed E-state index contributed by atoms with van der Waals surface area (Å²) in [5.41, 5.74) is 4.69. The Morgan fingerprint density at radius 1 is 1.17 bits per heavy atom. The second-order valence-electron chi connectivity index (χ2n) is 7.80. The Labute approximate surface area is 181 Å². The third kappa shape index (κ3) is 4.82. The number of ether oxygens (including phenoxy) is 1. The van der Waals surface area contributed by atoms with E-state index in [4.69, 9.17) is 4.74 Å². The van der Waals surface area contributed by atoms with Gasteiger partial charge in [0.25, 0.3) is 5.91 Å². The minimum absolute atomic E-state index is 0.0396. The second kappa shape index (κ2) is 9.28. The van der Waals surface area contributed by atoms with E-state index >= 15 is 0 Å². The third-order valence-electron chi connectivity index (χ3n) is 5.87. The van der Waals surface area contributed by atoms with E-state index in [-0.39, 0.29) is 11.9 Å². The Balaban J connectivity index is 1.54. The Kier molecular flexibility index (Phi) is 6.53. The number of rotatable bonds is 5. The lowest BCUT2D eigenvalue weighted by atomic mass is 9.95. The maximum absolute atomic E-state index is 12.7. The summed E-state index contributed by atoms with van der Waals surface area (Å²) in [5.74, 6) is -0.0396. The molecule has 2 aromatic rings. The quantitative estimate of drug-likeness (QED) is 0.744. The summed E-state index contributed by atoms with van der Waals surface area (Å²) in [6.07, 6.45) is 2.31. The number of carbonyl (C=O) groups excluding carboxylic acids is 1. The van der Waals surface area contributed by atoms with E-state index in [0.717, 1.165) is 43.7 Å². The number of halogens is 1. The van der Waals surface area contributed by atoms with Crippen molar-refractivity contribution < 1.29 is 9.53 Å². The van der Waals surface area contributed by atoms with Crippen molar-refractivity contribution in [2.45, 2.75) is 18.9 Å². The van der Waals surface area contributed by atoms with Crippen LogP contribution in [0.3, 0.4) is 0 Å². The first kappa shape index (κ1) is 20.4. The van der Waals surface area contributed by atoms with Gasteiger partial charge in [-0.05, 0) is 48.2 Å². The van der Waals surface area contributed by atoms with Crippen LogP contribution in [0, 0.1) is 0 Å². The summed E-state index contributed by atoms with van der Waals surface area (Å²) < 4.78 is 6.47. The zero-order valence-corrected chi connectivity index (χ0v) is 18.5. The molecular weight excluding hydrogens is 430 g/mol. The molecule has 2 aliphatic rings. The summed E-state index contributed by atoms with van der Waals surface area (Å²) >= 11 is 3.44. The molecule has 0 aliphatic carbocycles. The van der Waals surface area contributed by atoms with E-state index in [1.54, 1.807) is 0 Å². The average molecular weight is 458 g/mol. The van der Waals surface area contributed by atoms with Gasteiger partial charge >= 0.3 is 0 Å². The van der Waals surface area contributed by atoms with Gasteiger partial charge in [0.15, 0.2) is 0 Å². The Morgan fingerprint density at radius 2 is 2.00 bits per heavy atom. The molecular formula is C23H28BrN3O2. The lowest BCUT2D eigenvalue weighted by Crippen LogP contribution is -2.44. The maximum atomic E-state index is 12.7. The highest BCUT2D eigenvalue weighted by molar-refractivity contribution is 9.10. The first-order valence-electron chi connectivity index (χ1n) is 10.3. The number of aryl methyl sites for hydroxylation is 1. The molecule has 0 bridgehead atoms. The van der Waals surface area contributed by atoms with Crippen LogP contribution in [0.15, 0.2) is 46.9 Å². The van der Waals surface area contributed by atoms with Crippen molar-refractivity contribution in [3.8, 4) is 0 Å².